The van der Waals surface area contributed by atoms with E-state index in [0.29, 0.717) is 50.0 Å². The molecule has 0 unspecified atom stereocenters. The van der Waals surface area contributed by atoms with Crippen molar-refractivity contribution in [3.63, 3.8) is 0 Å². The van der Waals surface area contributed by atoms with Gasteiger partial charge in [-0.1, -0.05) is 65.7 Å². The van der Waals surface area contributed by atoms with Gasteiger partial charge < -0.3 is 10.7 Å². The third-order valence-corrected chi connectivity index (χ3v) is 8.44. The smallest absolute Gasteiger partial charge is 0.261 e. The zero-order valence-electron chi connectivity index (χ0n) is 21.5. The van der Waals surface area contributed by atoms with E-state index in [2.05, 4.69) is 9.97 Å². The molecule has 5 rings (SSSR count). The summed E-state index contributed by atoms with van der Waals surface area (Å²) in [6.07, 6.45) is 0.715. The number of aromatic nitrogens is 4. The molecule has 0 saturated heterocycles. The van der Waals surface area contributed by atoms with Crippen molar-refractivity contribution in [1.29, 1.82) is 0 Å². The Morgan fingerprint density at radius 2 is 1.50 bits per heavy atom. The van der Waals surface area contributed by atoms with Crippen LogP contribution in [0, 0.1) is 0 Å². The lowest BCUT2D eigenvalue weighted by Gasteiger charge is -2.11. The van der Waals surface area contributed by atoms with Gasteiger partial charge in [0.15, 0.2) is 0 Å². The Hall–Kier alpha value is -3.42. The van der Waals surface area contributed by atoms with Crippen LogP contribution in [0.4, 0.5) is 5.95 Å². The molecule has 210 valence electrons. The number of hydrogen-bond donors (Lipinski definition) is 3. The van der Waals surface area contributed by atoms with Crippen LogP contribution in [0.15, 0.2) is 66.7 Å². The van der Waals surface area contributed by atoms with Gasteiger partial charge in [0.05, 0.1) is 49.5 Å². The number of H-pyrrole nitrogens is 1. The number of anilines is 1. The van der Waals surface area contributed by atoms with Gasteiger partial charge in [0.2, 0.25) is 16.0 Å². The van der Waals surface area contributed by atoms with Gasteiger partial charge in [0, 0.05) is 11.1 Å². The van der Waals surface area contributed by atoms with Gasteiger partial charge in [-0.25, -0.2) is 22.4 Å². The predicted molar refractivity (Wildman–Crippen MR) is 160 cm³/mol. The van der Waals surface area contributed by atoms with Crippen LogP contribution in [0.2, 0.25) is 10.0 Å². The Morgan fingerprint density at radius 1 is 0.900 bits per heavy atom. The largest absolute Gasteiger partial charge is 0.368 e. The molecule has 3 aromatic carbocycles. The number of hydrogen-bond acceptors (Lipinski definition) is 7. The molecule has 0 amide bonds. The lowest BCUT2D eigenvalue weighted by Crippen LogP contribution is -2.23. The first-order valence-corrected chi connectivity index (χ1v) is 15.8. The van der Waals surface area contributed by atoms with E-state index in [-0.39, 0.29) is 5.95 Å². The third-order valence-electron chi connectivity index (χ3n) is 5.73. The first kappa shape index (κ1) is 29.6. The second-order valence-corrected chi connectivity index (χ2v) is 13.7. The van der Waals surface area contributed by atoms with Gasteiger partial charge >= 0.3 is 0 Å². The third kappa shape index (κ3) is 6.16. The molecule has 0 aliphatic carbocycles. The fourth-order valence-corrected chi connectivity index (χ4v) is 5.66. The minimum absolute atomic E-state index is 0.0836. The molecule has 0 atom stereocenters. The summed E-state index contributed by atoms with van der Waals surface area (Å²) in [5.74, 6) is 0.414. The number of benzene rings is 3. The molecule has 0 aliphatic rings. The number of nitrogens with zero attached hydrogens (tertiary/aromatic N) is 3. The molecule has 0 saturated carbocycles. The SMILES string of the molecule is CC(C)S(=O)(=O)n1c(N)nc2ccc(-c3nc(-c4c(Cl)cccc4Cl)[nH]c3-c3ccccc3)cc21.CS(=O)(=O)O. The zero-order chi connectivity index (χ0) is 29.4. The topological polar surface area (TPSA) is 161 Å². The summed E-state index contributed by atoms with van der Waals surface area (Å²) >= 11 is 12.9. The van der Waals surface area contributed by atoms with Crippen LogP contribution < -0.4 is 5.73 Å². The van der Waals surface area contributed by atoms with Crippen LogP contribution in [0.5, 0.6) is 0 Å². The normalized spacial score (nSPS) is 12.0. The second-order valence-electron chi connectivity index (χ2n) is 9.04. The minimum Gasteiger partial charge on any atom is -0.368 e. The summed E-state index contributed by atoms with van der Waals surface area (Å²) in [4.78, 5) is 12.5. The van der Waals surface area contributed by atoms with E-state index < -0.39 is 25.4 Å². The molecule has 0 bridgehead atoms. The van der Waals surface area contributed by atoms with E-state index in [1.165, 1.54) is 0 Å². The number of nitrogen functional groups attached to an aromatic ring is 1. The van der Waals surface area contributed by atoms with Crippen molar-refractivity contribution in [3.8, 4) is 33.9 Å². The Morgan fingerprint density at radius 3 is 2.08 bits per heavy atom. The number of rotatable bonds is 5. The second kappa shape index (κ2) is 11.2. The molecule has 2 heterocycles. The van der Waals surface area contributed by atoms with Crippen molar-refractivity contribution in [1.82, 2.24) is 18.9 Å². The summed E-state index contributed by atoms with van der Waals surface area (Å²) < 4.78 is 53.0. The summed E-state index contributed by atoms with van der Waals surface area (Å²) in [6, 6.07) is 20.3. The number of nitrogens with two attached hydrogens (primary N) is 1. The zero-order valence-corrected chi connectivity index (χ0v) is 24.6. The van der Waals surface area contributed by atoms with E-state index >= 15 is 0 Å². The van der Waals surface area contributed by atoms with Gasteiger partial charge in [-0.15, -0.1) is 0 Å². The number of imidazole rings is 2. The summed E-state index contributed by atoms with van der Waals surface area (Å²) in [6.45, 7) is 3.20. The average Bonchev–Trinajstić information content (AvgIpc) is 3.44. The summed E-state index contributed by atoms with van der Waals surface area (Å²) in [7, 11) is -7.40. The molecular weight excluding hydrogens is 597 g/mol. The molecule has 0 spiro atoms. The molecule has 5 aromatic rings. The van der Waals surface area contributed by atoms with Crippen molar-refractivity contribution >= 4 is 60.3 Å². The first-order chi connectivity index (χ1) is 18.7. The lowest BCUT2D eigenvalue weighted by atomic mass is 10.0. The minimum atomic E-state index is -3.74. The van der Waals surface area contributed by atoms with Crippen LogP contribution in [0.3, 0.4) is 0 Å². The maximum atomic E-state index is 13.0. The maximum absolute atomic E-state index is 13.0. The van der Waals surface area contributed by atoms with Crippen molar-refractivity contribution in [2.75, 3.05) is 12.0 Å². The van der Waals surface area contributed by atoms with Gasteiger partial charge in [-0.3, -0.25) is 4.55 Å². The number of aromatic amines is 1. The summed E-state index contributed by atoms with van der Waals surface area (Å²) in [5.41, 5.74) is 10.4. The fourth-order valence-electron chi connectivity index (χ4n) is 3.94. The number of halogens is 2. The molecule has 40 heavy (non-hydrogen) atoms. The quantitative estimate of drug-likeness (QED) is 0.209. The molecule has 10 nitrogen and oxygen atoms in total. The van der Waals surface area contributed by atoms with E-state index in [1.54, 1.807) is 44.2 Å². The molecule has 0 fully saturated rings. The van der Waals surface area contributed by atoms with Gasteiger partial charge in [0.25, 0.3) is 10.1 Å². The molecule has 14 heteroatoms. The van der Waals surface area contributed by atoms with Crippen molar-refractivity contribution < 1.29 is 21.4 Å². The van der Waals surface area contributed by atoms with Crippen LogP contribution in [-0.4, -0.2) is 51.8 Å². The summed E-state index contributed by atoms with van der Waals surface area (Å²) in [5, 5.41) is 0.244. The van der Waals surface area contributed by atoms with Gasteiger partial charge in [-0.05, 0) is 38.1 Å². The predicted octanol–water partition coefficient (Wildman–Crippen LogP) is 5.74. The Balaban J connectivity index is 0.000000681. The lowest BCUT2D eigenvalue weighted by molar-refractivity contribution is 0.490. The van der Waals surface area contributed by atoms with Crippen LogP contribution in [0.1, 0.15) is 13.8 Å². The monoisotopic (exact) mass is 621 g/mol. The van der Waals surface area contributed by atoms with E-state index in [4.69, 9.17) is 38.5 Å². The molecule has 2 aromatic heterocycles. The molecular formula is C26H25Cl2N5O5S2. The van der Waals surface area contributed by atoms with Crippen LogP contribution in [0.25, 0.3) is 44.9 Å². The highest BCUT2D eigenvalue weighted by Crippen LogP contribution is 2.39. The highest BCUT2D eigenvalue weighted by molar-refractivity contribution is 7.90. The van der Waals surface area contributed by atoms with E-state index in [0.717, 1.165) is 15.2 Å². The fraction of sp³-hybridized carbons (Fsp3) is 0.154. The van der Waals surface area contributed by atoms with Crippen LogP contribution >= 0.6 is 23.2 Å². The average molecular weight is 623 g/mol. The highest BCUT2D eigenvalue weighted by atomic mass is 35.5. The van der Waals surface area contributed by atoms with Gasteiger partial charge in [-0.2, -0.15) is 8.42 Å². The standard InChI is InChI=1S/C25H21Cl2N5O2S.CH4O3S/c1-14(2)35(33,34)32-20-13-16(11-12-19(20)29-25(32)28)23-22(15-7-4-3-5-8-15)30-24(31-23)21-17(26)9-6-10-18(21)27;1-5(2,3)4/h3-14H,1-2H3,(H2,28,29)(H,30,31);1H3,(H,2,3,4). The Kier molecular flexibility index (Phi) is 8.29. The first-order valence-electron chi connectivity index (χ1n) is 11.7. The van der Waals surface area contributed by atoms with Crippen molar-refractivity contribution in [3.05, 3.63) is 76.8 Å². The van der Waals surface area contributed by atoms with Crippen molar-refractivity contribution in [2.24, 2.45) is 0 Å². The van der Waals surface area contributed by atoms with Gasteiger partial charge in [0.1, 0.15) is 5.82 Å². The Labute approximate surface area is 241 Å². The van der Waals surface area contributed by atoms with Crippen LogP contribution in [-0.2, 0) is 20.1 Å². The molecule has 0 radical (unpaired) electrons. The Bertz CT molecular complexity index is 1890. The molecule has 4 N–H and O–H groups in total. The van der Waals surface area contributed by atoms with Crippen molar-refractivity contribution in [2.45, 2.75) is 19.1 Å². The number of fused-ring (bicyclic) bond motifs is 1. The number of nitrogens with one attached hydrogen (secondary N) is 1. The van der Waals surface area contributed by atoms with E-state index in [1.807, 2.05) is 36.4 Å². The molecule has 0 aliphatic heterocycles. The maximum Gasteiger partial charge on any atom is 0.261 e. The van der Waals surface area contributed by atoms with E-state index in [9.17, 15) is 16.8 Å². The highest BCUT2D eigenvalue weighted by Gasteiger charge is 2.25.